The van der Waals surface area contributed by atoms with Crippen molar-refractivity contribution < 1.29 is 23.2 Å². The third kappa shape index (κ3) is 5.73. The molecule has 0 aromatic rings. The van der Waals surface area contributed by atoms with Crippen LogP contribution in [-0.2, 0) is 13.3 Å². The van der Waals surface area contributed by atoms with Crippen LogP contribution in [0.5, 0.6) is 0 Å². The van der Waals surface area contributed by atoms with Crippen molar-refractivity contribution in [3.63, 3.8) is 0 Å². The van der Waals surface area contributed by atoms with E-state index in [9.17, 15) is 4.79 Å². The summed E-state index contributed by atoms with van der Waals surface area (Å²) in [5.74, 6) is 0. The molecule has 0 aromatic heterocycles. The molecular formula is C8H19NO5Si. The molecule has 2 N–H and O–H groups in total. The van der Waals surface area contributed by atoms with Gasteiger partial charge in [-0.2, -0.15) is 0 Å². The third-order valence-corrected chi connectivity index (χ3v) is 4.86. The Balaban J connectivity index is 3.89. The summed E-state index contributed by atoms with van der Waals surface area (Å²) in [5, 5.41) is 10.6. The first-order chi connectivity index (χ1) is 7.10. The van der Waals surface area contributed by atoms with Gasteiger partial charge in [0.25, 0.3) is 0 Å². The van der Waals surface area contributed by atoms with Gasteiger partial charge in [0.1, 0.15) is 0 Å². The summed E-state index contributed by atoms with van der Waals surface area (Å²) < 4.78 is 16.0. The van der Waals surface area contributed by atoms with Crippen LogP contribution in [0.15, 0.2) is 0 Å². The average Bonchev–Trinajstić information content (AvgIpc) is 2.22. The molecule has 0 aromatic carbocycles. The van der Waals surface area contributed by atoms with E-state index in [1.165, 1.54) is 0 Å². The number of nitrogens with one attached hydrogen (secondary N) is 1. The van der Waals surface area contributed by atoms with Gasteiger partial charge >= 0.3 is 14.9 Å². The SMILES string of the molecule is CCO[Si](CCCNC(=O)O)(OC)OC. The highest BCUT2D eigenvalue weighted by atomic mass is 28.4. The molecule has 15 heavy (non-hydrogen) atoms. The quantitative estimate of drug-likeness (QED) is 0.485. The van der Waals surface area contributed by atoms with Crippen LogP contribution in [0.3, 0.4) is 0 Å². The lowest BCUT2D eigenvalue weighted by molar-refractivity contribution is 0.103. The van der Waals surface area contributed by atoms with Gasteiger partial charge in [0.15, 0.2) is 0 Å². The molecule has 0 saturated heterocycles. The van der Waals surface area contributed by atoms with E-state index in [1.807, 2.05) is 6.92 Å². The Morgan fingerprint density at radius 1 is 1.40 bits per heavy atom. The molecular weight excluding hydrogens is 218 g/mol. The molecule has 6 nitrogen and oxygen atoms in total. The molecule has 0 atom stereocenters. The molecule has 1 amide bonds. The second kappa shape index (κ2) is 7.63. The highest BCUT2D eigenvalue weighted by molar-refractivity contribution is 6.60. The van der Waals surface area contributed by atoms with Crippen LogP contribution >= 0.6 is 0 Å². The summed E-state index contributed by atoms with van der Waals surface area (Å²) >= 11 is 0. The molecule has 0 aliphatic rings. The molecule has 0 rings (SSSR count). The first-order valence-electron chi connectivity index (χ1n) is 4.81. The number of carbonyl (C=O) groups is 1. The van der Waals surface area contributed by atoms with Crippen molar-refractivity contribution in [3.05, 3.63) is 0 Å². The normalized spacial score (nSPS) is 11.4. The van der Waals surface area contributed by atoms with Gasteiger partial charge < -0.3 is 23.7 Å². The second-order valence-corrected chi connectivity index (χ2v) is 5.83. The van der Waals surface area contributed by atoms with Crippen LogP contribution in [0.2, 0.25) is 6.04 Å². The zero-order valence-corrected chi connectivity index (χ0v) is 10.4. The third-order valence-electron chi connectivity index (χ3n) is 1.92. The fourth-order valence-electron chi connectivity index (χ4n) is 1.20. The van der Waals surface area contributed by atoms with Crippen molar-refractivity contribution >= 4 is 14.9 Å². The van der Waals surface area contributed by atoms with Crippen molar-refractivity contribution in [3.8, 4) is 0 Å². The van der Waals surface area contributed by atoms with Crippen molar-refractivity contribution in [2.75, 3.05) is 27.4 Å². The molecule has 0 spiro atoms. The molecule has 0 heterocycles. The van der Waals surface area contributed by atoms with Crippen molar-refractivity contribution in [1.29, 1.82) is 0 Å². The number of hydrogen-bond acceptors (Lipinski definition) is 4. The highest BCUT2D eigenvalue weighted by Crippen LogP contribution is 2.15. The van der Waals surface area contributed by atoms with Crippen molar-refractivity contribution in [2.45, 2.75) is 19.4 Å². The van der Waals surface area contributed by atoms with Crippen LogP contribution in [0.4, 0.5) is 4.79 Å². The van der Waals surface area contributed by atoms with Crippen molar-refractivity contribution in [2.24, 2.45) is 0 Å². The highest BCUT2D eigenvalue weighted by Gasteiger charge is 2.37. The monoisotopic (exact) mass is 237 g/mol. The Bertz CT molecular complexity index is 186. The lowest BCUT2D eigenvalue weighted by Crippen LogP contribution is -2.44. The van der Waals surface area contributed by atoms with E-state index >= 15 is 0 Å². The van der Waals surface area contributed by atoms with Gasteiger partial charge in [-0.25, -0.2) is 4.79 Å². The summed E-state index contributed by atoms with van der Waals surface area (Å²) in [4.78, 5) is 10.2. The van der Waals surface area contributed by atoms with Gasteiger partial charge in [-0.15, -0.1) is 0 Å². The van der Waals surface area contributed by atoms with Gasteiger partial charge in [-0.05, 0) is 13.3 Å². The molecule has 0 radical (unpaired) electrons. The van der Waals surface area contributed by atoms with E-state index in [2.05, 4.69) is 5.32 Å². The molecule has 0 unspecified atom stereocenters. The number of carboxylic acid groups (broad SMARTS) is 1. The number of hydrogen-bond donors (Lipinski definition) is 2. The fraction of sp³-hybridized carbons (Fsp3) is 0.875. The Kier molecular flexibility index (Phi) is 7.31. The topological polar surface area (TPSA) is 77.0 Å². The van der Waals surface area contributed by atoms with Gasteiger partial charge in [0, 0.05) is 33.4 Å². The minimum Gasteiger partial charge on any atom is -0.465 e. The van der Waals surface area contributed by atoms with E-state index < -0.39 is 14.9 Å². The van der Waals surface area contributed by atoms with Gasteiger partial charge in [-0.3, -0.25) is 0 Å². The maximum atomic E-state index is 10.2. The Labute approximate surface area is 90.9 Å². The maximum absolute atomic E-state index is 10.2. The van der Waals surface area contributed by atoms with Crippen molar-refractivity contribution in [1.82, 2.24) is 5.32 Å². The van der Waals surface area contributed by atoms with Gasteiger partial charge in [-0.1, -0.05) is 0 Å². The minimum atomic E-state index is -2.55. The predicted molar refractivity (Wildman–Crippen MR) is 56.8 cm³/mol. The van der Waals surface area contributed by atoms with E-state index in [0.29, 0.717) is 25.6 Å². The van der Waals surface area contributed by atoms with Gasteiger partial charge in [0.05, 0.1) is 0 Å². The smallest absolute Gasteiger partial charge is 0.465 e. The fourth-order valence-corrected chi connectivity index (χ4v) is 3.20. The van der Waals surface area contributed by atoms with Crippen LogP contribution in [0, 0.1) is 0 Å². The Morgan fingerprint density at radius 2 is 2.00 bits per heavy atom. The van der Waals surface area contributed by atoms with Crippen LogP contribution in [0.25, 0.3) is 0 Å². The molecule has 0 saturated carbocycles. The van der Waals surface area contributed by atoms with Crippen LogP contribution in [0.1, 0.15) is 13.3 Å². The molecule has 0 aliphatic heterocycles. The lowest BCUT2D eigenvalue weighted by Gasteiger charge is -2.25. The maximum Gasteiger partial charge on any atom is 0.500 e. The zero-order valence-electron chi connectivity index (χ0n) is 9.41. The molecule has 0 bridgehead atoms. The first-order valence-corrected chi connectivity index (χ1v) is 6.74. The molecule has 7 heteroatoms. The number of rotatable bonds is 8. The summed E-state index contributed by atoms with van der Waals surface area (Å²) in [6.07, 6.45) is -0.381. The Hall–Kier alpha value is -0.633. The predicted octanol–water partition coefficient (Wildman–Crippen LogP) is 0.912. The molecule has 90 valence electrons. The molecule has 0 fully saturated rings. The van der Waals surface area contributed by atoms with Gasteiger partial charge in [0.2, 0.25) is 0 Å². The van der Waals surface area contributed by atoms with E-state index in [1.54, 1.807) is 14.2 Å². The average molecular weight is 237 g/mol. The first kappa shape index (κ1) is 14.4. The molecule has 0 aliphatic carbocycles. The Morgan fingerprint density at radius 3 is 2.40 bits per heavy atom. The standard InChI is InChI=1S/C8H19NO5Si/c1-4-14-15(12-2,13-3)7-5-6-9-8(10)11/h9H,4-7H2,1-3H3,(H,10,11). The van der Waals surface area contributed by atoms with Crippen LogP contribution < -0.4 is 5.32 Å². The second-order valence-electron chi connectivity index (χ2n) is 2.86. The summed E-state index contributed by atoms with van der Waals surface area (Å²) in [7, 11) is 0.555. The van der Waals surface area contributed by atoms with Crippen LogP contribution in [-0.4, -0.2) is 47.4 Å². The minimum absolute atomic E-state index is 0.379. The number of amides is 1. The summed E-state index contributed by atoms with van der Waals surface area (Å²) in [6.45, 7) is 2.78. The largest absolute Gasteiger partial charge is 0.500 e. The zero-order chi connectivity index (χ0) is 11.7. The summed E-state index contributed by atoms with van der Waals surface area (Å²) in [6, 6.07) is 0.605. The van der Waals surface area contributed by atoms with E-state index in [4.69, 9.17) is 18.4 Å². The van der Waals surface area contributed by atoms with E-state index in [-0.39, 0.29) is 0 Å². The van der Waals surface area contributed by atoms with E-state index in [0.717, 1.165) is 0 Å². The lowest BCUT2D eigenvalue weighted by atomic mass is 10.5. The summed E-state index contributed by atoms with van der Waals surface area (Å²) in [5.41, 5.74) is 0.